The van der Waals surface area contributed by atoms with E-state index in [2.05, 4.69) is 31.6 Å². The molecule has 2 aromatic carbocycles. The number of rotatable bonds is 6. The summed E-state index contributed by atoms with van der Waals surface area (Å²) in [6.07, 6.45) is 0. The van der Waals surface area contributed by atoms with E-state index in [-0.39, 0.29) is 42.2 Å². The smallest absolute Gasteiger partial charge is 0.241 e. The minimum absolute atomic E-state index is 0. The maximum atomic E-state index is 13.3. The molecule has 2 N–H and O–H groups in total. The lowest BCUT2D eigenvalue weighted by Gasteiger charge is -2.15. The second-order valence-corrected chi connectivity index (χ2v) is 6.83. The van der Waals surface area contributed by atoms with Crippen molar-refractivity contribution in [2.45, 2.75) is 13.1 Å². The summed E-state index contributed by atoms with van der Waals surface area (Å²) in [6, 6.07) is 14.2. The molecule has 0 bridgehead atoms. The van der Waals surface area contributed by atoms with Gasteiger partial charge in [0.25, 0.3) is 0 Å². The summed E-state index contributed by atoms with van der Waals surface area (Å²) in [4.78, 5) is 17.8. The number of nitrogens with one attached hydrogen (secondary N) is 2. The van der Waals surface area contributed by atoms with Crippen molar-refractivity contribution in [1.29, 1.82) is 0 Å². The average Bonchev–Trinajstić information content (AvgIpc) is 2.62. The molecule has 146 valence electrons. The predicted octanol–water partition coefficient (Wildman–Crippen LogP) is 3.53. The van der Waals surface area contributed by atoms with Gasteiger partial charge in [0.1, 0.15) is 5.82 Å². The summed E-state index contributed by atoms with van der Waals surface area (Å²) in [7, 11) is 3.39. The Hall–Kier alpha value is -1.68. The number of carbonyl (C=O) groups excluding carboxylic acids is 1. The second kappa shape index (κ2) is 11.9. The first kappa shape index (κ1) is 23.4. The molecule has 1 amide bonds. The Morgan fingerprint density at radius 3 is 2.44 bits per heavy atom. The molecular formula is C19H23BrFIN4O. The van der Waals surface area contributed by atoms with E-state index in [0.717, 1.165) is 15.6 Å². The topological polar surface area (TPSA) is 56.7 Å². The number of amides is 1. The van der Waals surface area contributed by atoms with Crippen molar-refractivity contribution in [2.75, 3.05) is 20.6 Å². The van der Waals surface area contributed by atoms with Crippen LogP contribution in [0.2, 0.25) is 0 Å². The summed E-state index contributed by atoms with van der Waals surface area (Å²) in [6.45, 7) is 0.990. The molecule has 5 nitrogen and oxygen atoms in total. The van der Waals surface area contributed by atoms with Crippen LogP contribution in [-0.4, -0.2) is 37.4 Å². The van der Waals surface area contributed by atoms with Gasteiger partial charge in [0, 0.05) is 25.1 Å². The maximum absolute atomic E-state index is 13.3. The largest absolute Gasteiger partial charge is 0.352 e. The number of aliphatic imine (C=N–C) groups is 1. The maximum Gasteiger partial charge on any atom is 0.241 e. The van der Waals surface area contributed by atoms with Crippen molar-refractivity contribution in [3.8, 4) is 0 Å². The zero-order chi connectivity index (χ0) is 18.9. The van der Waals surface area contributed by atoms with Gasteiger partial charge in [-0.3, -0.25) is 4.79 Å². The number of halogens is 3. The first-order chi connectivity index (χ1) is 12.4. The Labute approximate surface area is 184 Å². The number of benzene rings is 2. The van der Waals surface area contributed by atoms with Crippen LogP contribution in [0.15, 0.2) is 58.0 Å². The van der Waals surface area contributed by atoms with E-state index in [1.165, 1.54) is 17.0 Å². The summed E-state index contributed by atoms with van der Waals surface area (Å²) >= 11 is 3.41. The third-order valence-electron chi connectivity index (χ3n) is 3.59. The van der Waals surface area contributed by atoms with E-state index in [0.29, 0.717) is 19.0 Å². The first-order valence-corrected chi connectivity index (χ1v) is 8.94. The van der Waals surface area contributed by atoms with Gasteiger partial charge in [-0.05, 0) is 35.4 Å². The molecular weight excluding hydrogens is 526 g/mol. The molecule has 8 heteroatoms. The zero-order valence-corrected chi connectivity index (χ0v) is 19.1. The molecule has 0 heterocycles. The van der Waals surface area contributed by atoms with Crippen molar-refractivity contribution in [1.82, 2.24) is 15.5 Å². The van der Waals surface area contributed by atoms with Crippen molar-refractivity contribution < 1.29 is 9.18 Å². The van der Waals surface area contributed by atoms with Gasteiger partial charge in [0.05, 0.1) is 13.1 Å². The second-order valence-electron chi connectivity index (χ2n) is 5.92. The molecule has 0 aliphatic carbocycles. The first-order valence-electron chi connectivity index (χ1n) is 8.15. The average molecular weight is 549 g/mol. The molecule has 2 aromatic rings. The number of guanidine groups is 1. The minimum atomic E-state index is -0.294. The molecule has 0 aliphatic rings. The Kier molecular flexibility index (Phi) is 10.3. The Bertz CT molecular complexity index is 769. The molecule has 0 radical (unpaired) electrons. The fraction of sp³-hybridized carbons (Fsp3) is 0.263. The SMILES string of the molecule is CN(C)C(=O)CNC(=NCc1cccc(F)c1)NCc1ccc(Br)cc1.I. The molecule has 0 atom stereocenters. The number of nitrogens with zero attached hydrogens (tertiary/aromatic N) is 2. The predicted molar refractivity (Wildman–Crippen MR) is 121 cm³/mol. The molecule has 0 unspecified atom stereocenters. The monoisotopic (exact) mass is 548 g/mol. The highest BCUT2D eigenvalue weighted by molar-refractivity contribution is 14.0. The number of carbonyl (C=O) groups is 1. The Morgan fingerprint density at radius 1 is 1.11 bits per heavy atom. The van der Waals surface area contributed by atoms with Crippen LogP contribution in [0.4, 0.5) is 4.39 Å². The molecule has 0 saturated carbocycles. The van der Waals surface area contributed by atoms with E-state index in [9.17, 15) is 9.18 Å². The lowest BCUT2D eigenvalue weighted by atomic mass is 10.2. The van der Waals surface area contributed by atoms with Gasteiger partial charge < -0.3 is 15.5 Å². The normalized spacial score (nSPS) is 10.7. The molecule has 27 heavy (non-hydrogen) atoms. The zero-order valence-electron chi connectivity index (χ0n) is 15.2. The lowest BCUT2D eigenvalue weighted by Crippen LogP contribution is -2.42. The van der Waals surface area contributed by atoms with Crippen LogP contribution in [0.5, 0.6) is 0 Å². The van der Waals surface area contributed by atoms with Crippen molar-refractivity contribution in [3.63, 3.8) is 0 Å². The molecule has 0 fully saturated rings. The van der Waals surface area contributed by atoms with Gasteiger partial charge in [0.2, 0.25) is 5.91 Å². The van der Waals surface area contributed by atoms with Crippen LogP contribution in [0, 0.1) is 5.82 Å². The summed E-state index contributed by atoms with van der Waals surface area (Å²) in [5.41, 5.74) is 1.83. The van der Waals surface area contributed by atoms with Crippen LogP contribution >= 0.6 is 39.9 Å². The summed E-state index contributed by atoms with van der Waals surface area (Å²) in [5, 5.41) is 6.21. The van der Waals surface area contributed by atoms with Crippen LogP contribution < -0.4 is 10.6 Å². The fourth-order valence-corrected chi connectivity index (χ4v) is 2.35. The van der Waals surface area contributed by atoms with Gasteiger partial charge in [-0.1, -0.05) is 40.2 Å². The van der Waals surface area contributed by atoms with Gasteiger partial charge >= 0.3 is 0 Å². The van der Waals surface area contributed by atoms with Crippen molar-refractivity contribution in [3.05, 3.63) is 69.9 Å². The molecule has 0 saturated heterocycles. The van der Waals surface area contributed by atoms with Crippen LogP contribution in [0.1, 0.15) is 11.1 Å². The Balaban J connectivity index is 0.00000364. The number of hydrogen-bond donors (Lipinski definition) is 2. The standard InChI is InChI=1S/C19H22BrFN4O.HI/c1-25(2)18(26)13-24-19(22-11-14-6-8-16(20)9-7-14)23-12-15-4-3-5-17(21)10-15;/h3-10H,11-13H2,1-2H3,(H2,22,23,24);1H. The van der Waals surface area contributed by atoms with Crippen molar-refractivity contribution in [2.24, 2.45) is 4.99 Å². The van der Waals surface area contributed by atoms with Crippen LogP contribution in [-0.2, 0) is 17.9 Å². The summed E-state index contributed by atoms with van der Waals surface area (Å²) < 4.78 is 14.3. The number of hydrogen-bond acceptors (Lipinski definition) is 2. The van der Waals surface area contributed by atoms with Crippen LogP contribution in [0.3, 0.4) is 0 Å². The summed E-state index contributed by atoms with van der Waals surface area (Å²) in [5.74, 6) is 0.138. The van der Waals surface area contributed by atoms with E-state index >= 15 is 0 Å². The quantitative estimate of drug-likeness (QED) is 0.330. The third-order valence-corrected chi connectivity index (χ3v) is 4.12. The van der Waals surface area contributed by atoms with Gasteiger partial charge in [-0.25, -0.2) is 9.38 Å². The highest BCUT2D eigenvalue weighted by atomic mass is 127. The minimum Gasteiger partial charge on any atom is -0.352 e. The van der Waals surface area contributed by atoms with Crippen LogP contribution in [0.25, 0.3) is 0 Å². The van der Waals surface area contributed by atoms with Gasteiger partial charge in [0.15, 0.2) is 5.96 Å². The van der Waals surface area contributed by atoms with Gasteiger partial charge in [-0.15, -0.1) is 24.0 Å². The van der Waals surface area contributed by atoms with E-state index < -0.39 is 0 Å². The third kappa shape index (κ3) is 8.70. The lowest BCUT2D eigenvalue weighted by molar-refractivity contribution is -0.127. The Morgan fingerprint density at radius 2 is 1.81 bits per heavy atom. The van der Waals surface area contributed by atoms with E-state index in [1.807, 2.05) is 30.3 Å². The van der Waals surface area contributed by atoms with E-state index in [4.69, 9.17) is 0 Å². The van der Waals surface area contributed by atoms with Gasteiger partial charge in [-0.2, -0.15) is 0 Å². The highest BCUT2D eigenvalue weighted by Crippen LogP contribution is 2.10. The van der Waals surface area contributed by atoms with E-state index in [1.54, 1.807) is 20.2 Å². The molecule has 0 spiro atoms. The molecule has 2 rings (SSSR count). The fourth-order valence-electron chi connectivity index (χ4n) is 2.09. The molecule has 0 aliphatic heterocycles. The molecule has 0 aromatic heterocycles. The highest BCUT2D eigenvalue weighted by Gasteiger charge is 2.06. The number of likely N-dealkylation sites (N-methyl/N-ethyl adjacent to an activating group) is 1. The van der Waals surface area contributed by atoms with Crippen molar-refractivity contribution >= 4 is 51.8 Å².